The summed E-state index contributed by atoms with van der Waals surface area (Å²) >= 11 is 1.83. The number of nitrogens with zero attached hydrogens (tertiary/aromatic N) is 1. The summed E-state index contributed by atoms with van der Waals surface area (Å²) in [5, 5.41) is 16.5. The zero-order valence-electron chi connectivity index (χ0n) is 13.5. The fourth-order valence-corrected chi connectivity index (χ4v) is 3.56. The molecule has 0 aliphatic heterocycles. The van der Waals surface area contributed by atoms with Crippen LogP contribution in [0.25, 0.3) is 0 Å². The lowest BCUT2D eigenvalue weighted by molar-refractivity contribution is 0.134. The van der Waals surface area contributed by atoms with Crippen molar-refractivity contribution in [2.75, 3.05) is 13.1 Å². The van der Waals surface area contributed by atoms with E-state index in [4.69, 9.17) is 0 Å². The molecule has 6 heteroatoms. The molecule has 0 saturated heterocycles. The van der Waals surface area contributed by atoms with Gasteiger partial charge in [0.25, 0.3) is 0 Å². The van der Waals surface area contributed by atoms with Crippen LogP contribution in [0.3, 0.4) is 0 Å². The van der Waals surface area contributed by atoms with Gasteiger partial charge in [0.05, 0.1) is 12.6 Å². The van der Waals surface area contributed by atoms with Gasteiger partial charge in [-0.15, -0.1) is 35.3 Å². The third-order valence-electron chi connectivity index (χ3n) is 3.95. The minimum atomic E-state index is -0.148. The molecule has 0 spiro atoms. The van der Waals surface area contributed by atoms with E-state index >= 15 is 0 Å². The van der Waals surface area contributed by atoms with Crippen molar-refractivity contribution in [2.24, 2.45) is 10.9 Å². The van der Waals surface area contributed by atoms with Gasteiger partial charge in [-0.1, -0.05) is 13.3 Å². The molecular formula is C16H28IN3OS. The summed E-state index contributed by atoms with van der Waals surface area (Å²) in [6.45, 7) is 6.62. The molecule has 0 aromatic carbocycles. The number of thiophene rings is 1. The Morgan fingerprint density at radius 1 is 1.27 bits per heavy atom. The van der Waals surface area contributed by atoms with E-state index in [1.54, 1.807) is 0 Å². The smallest absolute Gasteiger partial charge is 0.191 e. The first-order valence-corrected chi connectivity index (χ1v) is 8.82. The van der Waals surface area contributed by atoms with Crippen molar-refractivity contribution < 1.29 is 5.11 Å². The van der Waals surface area contributed by atoms with Gasteiger partial charge in [0, 0.05) is 28.8 Å². The van der Waals surface area contributed by atoms with Crippen molar-refractivity contribution in [3.05, 3.63) is 21.9 Å². The van der Waals surface area contributed by atoms with Crippen molar-refractivity contribution in [1.82, 2.24) is 10.6 Å². The molecule has 1 heterocycles. The molecular weight excluding hydrogens is 409 g/mol. The van der Waals surface area contributed by atoms with Gasteiger partial charge in [0.1, 0.15) is 0 Å². The van der Waals surface area contributed by atoms with Gasteiger partial charge in [-0.25, -0.2) is 4.99 Å². The number of rotatable bonds is 6. The molecule has 0 amide bonds. The van der Waals surface area contributed by atoms with E-state index in [2.05, 4.69) is 41.6 Å². The SMILES string of the molecule is CCNC(=NCc1ccc(CC)s1)NCC1CCCC1O.I. The molecule has 1 aromatic rings. The Hall–Kier alpha value is -0.340. The first-order chi connectivity index (χ1) is 10.2. The van der Waals surface area contributed by atoms with Gasteiger partial charge in [-0.2, -0.15) is 0 Å². The van der Waals surface area contributed by atoms with Crippen LogP contribution in [0, 0.1) is 5.92 Å². The van der Waals surface area contributed by atoms with Crippen molar-refractivity contribution >= 4 is 41.3 Å². The average molecular weight is 437 g/mol. The normalized spacial score (nSPS) is 21.5. The molecule has 1 saturated carbocycles. The van der Waals surface area contributed by atoms with Crippen LogP contribution in [0.2, 0.25) is 0 Å². The third kappa shape index (κ3) is 6.04. The number of aryl methyl sites for hydroxylation is 1. The fraction of sp³-hybridized carbons (Fsp3) is 0.688. The van der Waals surface area contributed by atoms with Crippen LogP contribution in [-0.4, -0.2) is 30.3 Å². The van der Waals surface area contributed by atoms with E-state index in [1.807, 2.05) is 11.3 Å². The van der Waals surface area contributed by atoms with Crippen LogP contribution in [0.1, 0.15) is 42.9 Å². The number of aliphatic hydroxyl groups excluding tert-OH is 1. The van der Waals surface area contributed by atoms with Gasteiger partial charge in [0.15, 0.2) is 5.96 Å². The predicted octanol–water partition coefficient (Wildman–Crippen LogP) is 3.14. The van der Waals surface area contributed by atoms with Crippen molar-refractivity contribution in [2.45, 2.75) is 52.2 Å². The van der Waals surface area contributed by atoms with Gasteiger partial charge in [0.2, 0.25) is 0 Å². The van der Waals surface area contributed by atoms with Crippen LogP contribution in [0.5, 0.6) is 0 Å². The molecule has 1 fully saturated rings. The maximum Gasteiger partial charge on any atom is 0.191 e. The maximum absolute atomic E-state index is 9.87. The van der Waals surface area contributed by atoms with Gasteiger partial charge in [-0.05, 0) is 38.3 Å². The lowest BCUT2D eigenvalue weighted by Crippen LogP contribution is -2.41. The number of guanidine groups is 1. The summed E-state index contributed by atoms with van der Waals surface area (Å²) in [5.74, 6) is 1.21. The minimum absolute atomic E-state index is 0. The molecule has 1 aliphatic carbocycles. The lowest BCUT2D eigenvalue weighted by Gasteiger charge is -2.17. The summed E-state index contributed by atoms with van der Waals surface area (Å²) in [6, 6.07) is 4.35. The van der Waals surface area contributed by atoms with E-state index in [9.17, 15) is 5.11 Å². The second kappa shape index (κ2) is 10.4. The highest BCUT2D eigenvalue weighted by Gasteiger charge is 2.24. The second-order valence-electron chi connectivity index (χ2n) is 5.56. The van der Waals surface area contributed by atoms with Crippen molar-refractivity contribution in [1.29, 1.82) is 0 Å². The first kappa shape index (κ1) is 19.7. The fourth-order valence-electron chi connectivity index (χ4n) is 2.68. The maximum atomic E-state index is 9.87. The molecule has 22 heavy (non-hydrogen) atoms. The van der Waals surface area contributed by atoms with Gasteiger partial charge in [-0.3, -0.25) is 0 Å². The molecule has 2 rings (SSSR count). The topological polar surface area (TPSA) is 56.7 Å². The number of aliphatic imine (C=N–C) groups is 1. The first-order valence-electron chi connectivity index (χ1n) is 8.00. The van der Waals surface area contributed by atoms with Gasteiger partial charge < -0.3 is 15.7 Å². The van der Waals surface area contributed by atoms with E-state index in [-0.39, 0.29) is 30.1 Å². The quantitative estimate of drug-likeness (QED) is 0.364. The lowest BCUT2D eigenvalue weighted by atomic mass is 10.1. The van der Waals surface area contributed by atoms with Crippen molar-refractivity contribution in [3.63, 3.8) is 0 Å². The predicted molar refractivity (Wildman–Crippen MR) is 105 cm³/mol. The number of hydrogen-bond acceptors (Lipinski definition) is 3. The molecule has 2 unspecified atom stereocenters. The highest BCUT2D eigenvalue weighted by Crippen LogP contribution is 2.24. The highest BCUT2D eigenvalue weighted by molar-refractivity contribution is 14.0. The number of hydrogen-bond donors (Lipinski definition) is 3. The second-order valence-corrected chi connectivity index (χ2v) is 6.81. The molecule has 4 nitrogen and oxygen atoms in total. The molecule has 126 valence electrons. The van der Waals surface area contributed by atoms with E-state index in [0.717, 1.165) is 44.7 Å². The Morgan fingerprint density at radius 2 is 2.05 bits per heavy atom. The number of halogens is 1. The van der Waals surface area contributed by atoms with E-state index in [0.29, 0.717) is 12.5 Å². The Labute approximate surface area is 154 Å². The molecule has 1 aromatic heterocycles. The summed E-state index contributed by atoms with van der Waals surface area (Å²) in [5.41, 5.74) is 0. The van der Waals surface area contributed by atoms with Crippen LogP contribution in [0.4, 0.5) is 0 Å². The van der Waals surface area contributed by atoms with Crippen LogP contribution >= 0.6 is 35.3 Å². The van der Waals surface area contributed by atoms with Crippen LogP contribution < -0.4 is 10.6 Å². The monoisotopic (exact) mass is 437 g/mol. The van der Waals surface area contributed by atoms with E-state index in [1.165, 1.54) is 9.75 Å². The molecule has 1 aliphatic rings. The number of aliphatic hydroxyl groups is 1. The summed E-state index contributed by atoms with van der Waals surface area (Å²) in [6.07, 6.45) is 4.13. The zero-order chi connectivity index (χ0) is 15.1. The summed E-state index contributed by atoms with van der Waals surface area (Å²) in [4.78, 5) is 7.35. The average Bonchev–Trinajstić information content (AvgIpc) is 3.11. The third-order valence-corrected chi connectivity index (χ3v) is 5.17. The molecule has 2 atom stereocenters. The molecule has 3 N–H and O–H groups in total. The zero-order valence-corrected chi connectivity index (χ0v) is 16.6. The van der Waals surface area contributed by atoms with Crippen LogP contribution in [0.15, 0.2) is 17.1 Å². The Bertz CT molecular complexity index is 464. The largest absolute Gasteiger partial charge is 0.393 e. The Balaban J connectivity index is 0.00000242. The summed E-state index contributed by atoms with van der Waals surface area (Å²) in [7, 11) is 0. The molecule has 0 bridgehead atoms. The minimum Gasteiger partial charge on any atom is -0.393 e. The summed E-state index contributed by atoms with van der Waals surface area (Å²) < 4.78 is 0. The van der Waals surface area contributed by atoms with Gasteiger partial charge >= 0.3 is 0 Å². The van der Waals surface area contributed by atoms with Crippen LogP contribution in [-0.2, 0) is 13.0 Å². The van der Waals surface area contributed by atoms with E-state index < -0.39 is 0 Å². The molecule has 0 radical (unpaired) electrons. The highest BCUT2D eigenvalue weighted by atomic mass is 127. The number of nitrogens with one attached hydrogen (secondary N) is 2. The Morgan fingerprint density at radius 3 is 2.64 bits per heavy atom. The Kier molecular flexibility index (Phi) is 9.35. The van der Waals surface area contributed by atoms with Crippen molar-refractivity contribution in [3.8, 4) is 0 Å². The standard InChI is InChI=1S/C16H27N3OS.HI/c1-3-13-8-9-14(21-13)11-19-16(17-4-2)18-10-12-6-5-7-15(12)20;/h8-9,12,15,20H,3-7,10-11H2,1-2H3,(H2,17,18,19);1H.